The van der Waals surface area contributed by atoms with Gasteiger partial charge in [-0.25, -0.2) is 0 Å². The maximum atomic E-state index is 12.3. The number of nitrogens with one attached hydrogen (secondary N) is 2. The number of pyridine rings is 1. The van der Waals surface area contributed by atoms with E-state index in [4.69, 9.17) is 0 Å². The maximum absolute atomic E-state index is 12.3. The standard InChI is InChI=1S/C16H15N3OS.C2H6/c1-8-3-4-10-11(18-8)5-6-12-13(10)14-15(21-12)16(20)19-9(2)7-17-14;1-2/h3-6,9,17H,7H2,1-2H3,(H,19,20);1-2H3/t9-;/m1./s1. The number of carbonyl (C=O) groups excluding carboxylic acids is 1. The zero-order chi connectivity index (χ0) is 16.6. The van der Waals surface area contributed by atoms with Crippen molar-refractivity contribution in [2.24, 2.45) is 0 Å². The lowest BCUT2D eigenvalue weighted by Gasteiger charge is -2.10. The highest BCUT2D eigenvalue weighted by Crippen LogP contribution is 2.40. The van der Waals surface area contributed by atoms with E-state index in [-0.39, 0.29) is 11.9 Å². The number of thiophene rings is 1. The summed E-state index contributed by atoms with van der Waals surface area (Å²) in [5.41, 5.74) is 2.93. The number of aromatic nitrogens is 1. The van der Waals surface area contributed by atoms with Gasteiger partial charge >= 0.3 is 0 Å². The molecule has 23 heavy (non-hydrogen) atoms. The quantitative estimate of drug-likeness (QED) is 0.646. The molecule has 3 aromatic rings. The van der Waals surface area contributed by atoms with Crippen LogP contribution >= 0.6 is 11.3 Å². The summed E-state index contributed by atoms with van der Waals surface area (Å²) in [6, 6.07) is 8.33. The van der Waals surface area contributed by atoms with Crippen LogP contribution in [0.4, 0.5) is 5.69 Å². The first-order chi connectivity index (χ1) is 11.1. The van der Waals surface area contributed by atoms with Crippen molar-refractivity contribution in [2.75, 3.05) is 11.9 Å². The van der Waals surface area contributed by atoms with Gasteiger partial charge in [-0.05, 0) is 32.0 Å². The van der Waals surface area contributed by atoms with Gasteiger partial charge < -0.3 is 10.6 Å². The first kappa shape index (κ1) is 15.7. The van der Waals surface area contributed by atoms with Gasteiger partial charge in [-0.2, -0.15) is 0 Å². The Morgan fingerprint density at radius 1 is 1.22 bits per heavy atom. The van der Waals surface area contributed by atoms with Crippen molar-refractivity contribution in [2.45, 2.75) is 33.7 Å². The van der Waals surface area contributed by atoms with Crippen LogP contribution in [0.25, 0.3) is 21.0 Å². The van der Waals surface area contributed by atoms with Gasteiger partial charge in [-0.15, -0.1) is 11.3 Å². The summed E-state index contributed by atoms with van der Waals surface area (Å²) >= 11 is 1.54. The van der Waals surface area contributed by atoms with Crippen molar-refractivity contribution >= 4 is 43.9 Å². The molecule has 1 atom stereocenters. The molecule has 120 valence electrons. The fourth-order valence-electron chi connectivity index (χ4n) is 2.83. The first-order valence-corrected chi connectivity index (χ1v) is 8.83. The summed E-state index contributed by atoms with van der Waals surface area (Å²) in [7, 11) is 0. The molecule has 3 heterocycles. The molecule has 0 saturated heterocycles. The number of amides is 1. The average Bonchev–Trinajstić information content (AvgIpc) is 2.87. The van der Waals surface area contributed by atoms with Crippen molar-refractivity contribution in [3.63, 3.8) is 0 Å². The summed E-state index contributed by atoms with van der Waals surface area (Å²) in [5.74, 6) is 0.0110. The summed E-state index contributed by atoms with van der Waals surface area (Å²) in [6.45, 7) is 8.73. The number of carbonyl (C=O) groups is 1. The molecule has 2 aromatic heterocycles. The molecule has 1 aliphatic heterocycles. The zero-order valence-corrected chi connectivity index (χ0v) is 14.7. The number of hydrogen-bond donors (Lipinski definition) is 2. The van der Waals surface area contributed by atoms with Gasteiger partial charge in [0.15, 0.2) is 0 Å². The van der Waals surface area contributed by atoms with Gasteiger partial charge in [0.2, 0.25) is 0 Å². The number of rotatable bonds is 0. The molecule has 2 N–H and O–H groups in total. The molecule has 4 nitrogen and oxygen atoms in total. The molecule has 0 radical (unpaired) electrons. The first-order valence-electron chi connectivity index (χ1n) is 8.01. The number of benzene rings is 1. The second-order valence-corrected chi connectivity index (χ2v) is 6.57. The van der Waals surface area contributed by atoms with Crippen LogP contribution in [0.15, 0.2) is 24.3 Å². The highest BCUT2D eigenvalue weighted by molar-refractivity contribution is 7.21. The summed E-state index contributed by atoms with van der Waals surface area (Å²) in [6.07, 6.45) is 0. The normalized spacial score (nSPS) is 16.9. The van der Waals surface area contributed by atoms with Gasteiger partial charge in [-0.1, -0.05) is 19.9 Å². The Hall–Kier alpha value is -2.14. The van der Waals surface area contributed by atoms with Crippen LogP contribution in [-0.4, -0.2) is 23.5 Å². The molecule has 0 fully saturated rings. The zero-order valence-electron chi connectivity index (χ0n) is 13.9. The van der Waals surface area contributed by atoms with E-state index in [2.05, 4.69) is 27.8 Å². The Labute approximate surface area is 139 Å². The number of aryl methyl sites for hydroxylation is 1. The number of hydrogen-bond acceptors (Lipinski definition) is 4. The molecule has 1 aromatic carbocycles. The van der Waals surface area contributed by atoms with Gasteiger partial charge in [0.1, 0.15) is 4.88 Å². The Bertz CT molecular complexity index is 885. The topological polar surface area (TPSA) is 54.0 Å². The van der Waals surface area contributed by atoms with Crippen molar-refractivity contribution in [1.82, 2.24) is 10.3 Å². The van der Waals surface area contributed by atoms with Crippen LogP contribution in [0, 0.1) is 6.92 Å². The minimum Gasteiger partial charge on any atom is -0.381 e. The van der Waals surface area contributed by atoms with E-state index >= 15 is 0 Å². The Morgan fingerprint density at radius 2 is 2.00 bits per heavy atom. The van der Waals surface area contributed by atoms with E-state index in [1.807, 2.05) is 39.8 Å². The molecule has 0 spiro atoms. The number of nitrogens with zero attached hydrogens (tertiary/aromatic N) is 1. The van der Waals surface area contributed by atoms with Gasteiger partial charge in [-0.3, -0.25) is 9.78 Å². The van der Waals surface area contributed by atoms with Gasteiger partial charge in [0, 0.05) is 33.8 Å². The molecule has 1 amide bonds. The van der Waals surface area contributed by atoms with E-state index in [1.165, 1.54) is 11.3 Å². The molecule has 0 bridgehead atoms. The van der Waals surface area contributed by atoms with E-state index in [0.717, 1.165) is 43.8 Å². The molecular weight excluding hydrogens is 306 g/mol. The smallest absolute Gasteiger partial charge is 0.263 e. The van der Waals surface area contributed by atoms with E-state index in [9.17, 15) is 4.79 Å². The molecule has 0 unspecified atom stereocenters. The van der Waals surface area contributed by atoms with E-state index in [1.54, 1.807) is 0 Å². The lowest BCUT2D eigenvalue weighted by Crippen LogP contribution is -2.34. The average molecular weight is 327 g/mol. The number of fused-ring (bicyclic) bond motifs is 5. The molecule has 1 aliphatic rings. The highest BCUT2D eigenvalue weighted by atomic mass is 32.1. The minimum atomic E-state index is 0.0110. The Morgan fingerprint density at radius 3 is 2.78 bits per heavy atom. The van der Waals surface area contributed by atoms with Crippen LogP contribution in [0.5, 0.6) is 0 Å². The van der Waals surface area contributed by atoms with Crippen LogP contribution in [0.1, 0.15) is 36.1 Å². The third kappa shape index (κ3) is 2.65. The molecular formula is C18H21N3OS. The van der Waals surface area contributed by atoms with Crippen LogP contribution in [-0.2, 0) is 0 Å². The predicted octanol–water partition coefficient (Wildman–Crippen LogP) is 4.33. The fourth-order valence-corrected chi connectivity index (χ4v) is 3.93. The SMILES string of the molecule is CC.Cc1ccc2c(ccc3sc4c(c32)NC[C@@H](C)NC4=O)n1. The summed E-state index contributed by atoms with van der Waals surface area (Å²) in [5, 5.41) is 8.66. The summed E-state index contributed by atoms with van der Waals surface area (Å²) < 4.78 is 1.12. The Balaban J connectivity index is 0.000000753. The summed E-state index contributed by atoms with van der Waals surface area (Å²) in [4.78, 5) is 17.7. The molecule has 5 heteroatoms. The molecule has 4 rings (SSSR count). The predicted molar refractivity (Wildman–Crippen MR) is 98.6 cm³/mol. The molecule has 0 aliphatic carbocycles. The van der Waals surface area contributed by atoms with E-state index < -0.39 is 0 Å². The van der Waals surface area contributed by atoms with Crippen LogP contribution in [0.3, 0.4) is 0 Å². The third-order valence-electron chi connectivity index (χ3n) is 3.83. The lowest BCUT2D eigenvalue weighted by atomic mass is 10.1. The Kier molecular flexibility index (Phi) is 4.22. The molecule has 0 saturated carbocycles. The van der Waals surface area contributed by atoms with Crippen molar-refractivity contribution in [3.05, 3.63) is 34.8 Å². The van der Waals surface area contributed by atoms with Gasteiger partial charge in [0.25, 0.3) is 5.91 Å². The fraction of sp³-hybridized carbons (Fsp3) is 0.333. The van der Waals surface area contributed by atoms with Crippen molar-refractivity contribution in [1.29, 1.82) is 0 Å². The van der Waals surface area contributed by atoms with Crippen LogP contribution < -0.4 is 10.6 Å². The monoisotopic (exact) mass is 327 g/mol. The second kappa shape index (κ2) is 6.16. The second-order valence-electron chi connectivity index (χ2n) is 5.52. The van der Waals surface area contributed by atoms with Crippen molar-refractivity contribution in [3.8, 4) is 0 Å². The highest BCUT2D eigenvalue weighted by Gasteiger charge is 2.24. The van der Waals surface area contributed by atoms with Gasteiger partial charge in [0.05, 0.1) is 11.2 Å². The van der Waals surface area contributed by atoms with E-state index in [0.29, 0.717) is 0 Å². The largest absolute Gasteiger partial charge is 0.381 e. The number of anilines is 1. The minimum absolute atomic E-state index is 0.0110. The maximum Gasteiger partial charge on any atom is 0.263 e. The van der Waals surface area contributed by atoms with Crippen LogP contribution in [0.2, 0.25) is 0 Å². The van der Waals surface area contributed by atoms with Crippen molar-refractivity contribution < 1.29 is 4.79 Å². The lowest BCUT2D eigenvalue weighted by molar-refractivity contribution is 0.0949. The third-order valence-corrected chi connectivity index (χ3v) is 4.98.